The van der Waals surface area contributed by atoms with Gasteiger partial charge in [-0.3, -0.25) is 14.4 Å². The molecule has 2 atom stereocenters. The lowest BCUT2D eigenvalue weighted by molar-refractivity contribution is -0.149. The van der Waals surface area contributed by atoms with E-state index < -0.39 is 24.0 Å². The quantitative estimate of drug-likeness (QED) is 0.397. The third kappa shape index (κ3) is 7.01. The lowest BCUT2D eigenvalue weighted by atomic mass is 10.1. The molecule has 0 spiro atoms. The van der Waals surface area contributed by atoms with Crippen LogP contribution in [-0.4, -0.2) is 35.7 Å². The number of ketones is 1. The number of nitrogens with one attached hydrogen (secondary N) is 2. The number of Topliss-reactive ketones (excluding diaryl/α,β-unsaturated/α-hetero) is 1. The molecule has 0 fully saturated rings. The first-order chi connectivity index (χ1) is 14.3. The largest absolute Gasteiger partial charge is 0.453 e. The lowest BCUT2D eigenvalue weighted by Crippen LogP contribution is -2.41. The number of carbonyl (C=O) groups is 4. The van der Waals surface area contributed by atoms with E-state index in [9.17, 15) is 19.2 Å². The zero-order chi connectivity index (χ0) is 22.1. The van der Waals surface area contributed by atoms with E-state index in [4.69, 9.17) is 4.74 Å². The Labute approximate surface area is 175 Å². The molecule has 0 bridgehead atoms. The highest BCUT2D eigenvalue weighted by Gasteiger charge is 2.23. The molecule has 7 nitrogen and oxygen atoms in total. The molecule has 0 aromatic heterocycles. The summed E-state index contributed by atoms with van der Waals surface area (Å²) in [5, 5.41) is 5.11. The van der Waals surface area contributed by atoms with Crippen LogP contribution in [0.25, 0.3) is 6.08 Å². The van der Waals surface area contributed by atoms with Gasteiger partial charge in [-0.1, -0.05) is 30.3 Å². The predicted octanol–water partition coefficient (Wildman–Crippen LogP) is 2.98. The summed E-state index contributed by atoms with van der Waals surface area (Å²) in [6, 6.07) is 14.6. The van der Waals surface area contributed by atoms with Crippen LogP contribution in [0.2, 0.25) is 0 Å². The SMILES string of the molecule is CC(=O)Nc1ccc(C(=O)[C@H](C)OC(=O)[C@H](C)NC(=O)/C=C/c2ccccc2)cc1. The molecule has 2 aromatic rings. The summed E-state index contributed by atoms with van der Waals surface area (Å²) in [5.41, 5.74) is 1.75. The van der Waals surface area contributed by atoms with E-state index in [0.717, 1.165) is 5.56 Å². The summed E-state index contributed by atoms with van der Waals surface area (Å²) in [4.78, 5) is 47.7. The van der Waals surface area contributed by atoms with Crippen molar-refractivity contribution >= 4 is 35.3 Å². The second-order valence-corrected chi connectivity index (χ2v) is 6.68. The summed E-state index contributed by atoms with van der Waals surface area (Å²) < 4.78 is 5.19. The average molecular weight is 408 g/mol. The summed E-state index contributed by atoms with van der Waals surface area (Å²) in [6.07, 6.45) is 1.93. The third-order valence-corrected chi connectivity index (χ3v) is 4.09. The number of esters is 1. The number of hydrogen-bond acceptors (Lipinski definition) is 5. The minimum atomic E-state index is -1.02. The van der Waals surface area contributed by atoms with Gasteiger partial charge in [0.1, 0.15) is 6.04 Å². The highest BCUT2D eigenvalue weighted by molar-refractivity contribution is 6.01. The molecule has 2 aromatic carbocycles. The normalized spacial score (nSPS) is 12.6. The summed E-state index contributed by atoms with van der Waals surface area (Å²) in [7, 11) is 0. The Kier molecular flexibility index (Phi) is 8.05. The first kappa shape index (κ1) is 22.5. The molecule has 156 valence electrons. The van der Waals surface area contributed by atoms with Crippen LogP contribution in [0.15, 0.2) is 60.7 Å². The Hall–Kier alpha value is -3.74. The van der Waals surface area contributed by atoms with Gasteiger partial charge in [-0.15, -0.1) is 0 Å². The Morgan fingerprint density at radius 2 is 1.57 bits per heavy atom. The van der Waals surface area contributed by atoms with Crippen LogP contribution in [0.1, 0.15) is 36.7 Å². The Morgan fingerprint density at radius 1 is 0.933 bits per heavy atom. The van der Waals surface area contributed by atoms with Crippen LogP contribution in [-0.2, 0) is 19.1 Å². The molecule has 0 saturated heterocycles. The predicted molar refractivity (Wildman–Crippen MR) is 114 cm³/mol. The maximum Gasteiger partial charge on any atom is 0.329 e. The number of rotatable bonds is 8. The highest BCUT2D eigenvalue weighted by Crippen LogP contribution is 2.13. The van der Waals surface area contributed by atoms with Crippen molar-refractivity contribution in [3.63, 3.8) is 0 Å². The highest BCUT2D eigenvalue weighted by atomic mass is 16.5. The van der Waals surface area contributed by atoms with Gasteiger partial charge in [0, 0.05) is 24.3 Å². The molecule has 0 saturated carbocycles. The van der Waals surface area contributed by atoms with E-state index in [0.29, 0.717) is 11.3 Å². The fraction of sp³-hybridized carbons (Fsp3) is 0.217. The van der Waals surface area contributed by atoms with Crippen LogP contribution in [0.4, 0.5) is 5.69 Å². The number of hydrogen-bond donors (Lipinski definition) is 2. The van der Waals surface area contributed by atoms with Gasteiger partial charge in [0.15, 0.2) is 6.10 Å². The van der Waals surface area contributed by atoms with E-state index in [1.54, 1.807) is 18.2 Å². The molecule has 0 aliphatic rings. The van der Waals surface area contributed by atoms with Crippen LogP contribution < -0.4 is 10.6 Å². The molecule has 0 unspecified atom stereocenters. The standard InChI is InChI=1S/C23H24N2O5/c1-15(24-21(27)14-9-18-7-5-4-6-8-18)23(29)30-16(2)22(28)19-10-12-20(13-11-19)25-17(3)26/h4-16H,1-3H3,(H,24,27)(H,25,26)/b14-9+/t15-,16-/m0/s1. The minimum Gasteiger partial charge on any atom is -0.453 e. The van der Waals surface area contributed by atoms with Crippen LogP contribution in [0.3, 0.4) is 0 Å². The molecule has 2 N–H and O–H groups in total. The molecule has 0 aliphatic carbocycles. The molecular weight excluding hydrogens is 384 g/mol. The van der Waals surface area contributed by atoms with E-state index in [-0.39, 0.29) is 11.7 Å². The van der Waals surface area contributed by atoms with E-state index in [2.05, 4.69) is 10.6 Å². The van der Waals surface area contributed by atoms with E-state index in [1.165, 1.54) is 39.0 Å². The molecule has 0 aliphatic heterocycles. The average Bonchev–Trinajstić information content (AvgIpc) is 2.72. The maximum atomic E-state index is 12.5. The molecule has 7 heteroatoms. The Morgan fingerprint density at radius 3 is 2.17 bits per heavy atom. The van der Waals surface area contributed by atoms with E-state index in [1.807, 2.05) is 30.3 Å². The van der Waals surface area contributed by atoms with Gasteiger partial charge >= 0.3 is 5.97 Å². The monoisotopic (exact) mass is 408 g/mol. The van der Waals surface area contributed by atoms with Crippen molar-refractivity contribution in [1.82, 2.24) is 5.32 Å². The minimum absolute atomic E-state index is 0.217. The van der Waals surface area contributed by atoms with Gasteiger partial charge in [-0.25, -0.2) is 4.79 Å². The van der Waals surface area contributed by atoms with Gasteiger partial charge in [0.05, 0.1) is 0 Å². The van der Waals surface area contributed by atoms with Gasteiger partial charge in [0.25, 0.3) is 0 Å². The molecule has 2 amide bonds. The fourth-order valence-electron chi connectivity index (χ4n) is 2.54. The second kappa shape index (κ2) is 10.7. The second-order valence-electron chi connectivity index (χ2n) is 6.68. The number of amides is 2. The summed E-state index contributed by atoms with van der Waals surface area (Å²) in [6.45, 7) is 4.33. The molecule has 30 heavy (non-hydrogen) atoms. The zero-order valence-electron chi connectivity index (χ0n) is 17.0. The molecule has 0 heterocycles. The van der Waals surface area contributed by atoms with Crippen molar-refractivity contribution in [2.75, 3.05) is 5.32 Å². The van der Waals surface area contributed by atoms with Crippen molar-refractivity contribution in [2.45, 2.75) is 32.9 Å². The van der Waals surface area contributed by atoms with Gasteiger partial charge in [0.2, 0.25) is 17.6 Å². The van der Waals surface area contributed by atoms with Crippen molar-refractivity contribution in [1.29, 1.82) is 0 Å². The fourth-order valence-corrected chi connectivity index (χ4v) is 2.54. The lowest BCUT2D eigenvalue weighted by Gasteiger charge is -2.16. The number of carbonyl (C=O) groups excluding carboxylic acids is 4. The smallest absolute Gasteiger partial charge is 0.329 e. The van der Waals surface area contributed by atoms with Gasteiger partial charge in [-0.05, 0) is 49.8 Å². The van der Waals surface area contributed by atoms with Crippen molar-refractivity contribution in [3.8, 4) is 0 Å². The van der Waals surface area contributed by atoms with Crippen molar-refractivity contribution in [2.24, 2.45) is 0 Å². The summed E-state index contributed by atoms with van der Waals surface area (Å²) in [5.74, 6) is -1.77. The van der Waals surface area contributed by atoms with E-state index >= 15 is 0 Å². The zero-order valence-corrected chi connectivity index (χ0v) is 17.0. The van der Waals surface area contributed by atoms with Gasteiger partial charge < -0.3 is 15.4 Å². The molecular formula is C23H24N2O5. The summed E-state index contributed by atoms with van der Waals surface area (Å²) >= 11 is 0. The molecule has 2 rings (SSSR count). The van der Waals surface area contributed by atoms with Crippen LogP contribution in [0, 0.1) is 0 Å². The number of benzene rings is 2. The number of anilines is 1. The number of ether oxygens (including phenoxy) is 1. The Bertz CT molecular complexity index is 936. The van der Waals surface area contributed by atoms with Crippen LogP contribution >= 0.6 is 0 Å². The first-order valence-corrected chi connectivity index (χ1v) is 9.42. The van der Waals surface area contributed by atoms with Crippen molar-refractivity contribution < 1.29 is 23.9 Å². The maximum absolute atomic E-state index is 12.5. The topological polar surface area (TPSA) is 102 Å². The first-order valence-electron chi connectivity index (χ1n) is 9.42. The Balaban J connectivity index is 1.87. The van der Waals surface area contributed by atoms with Gasteiger partial charge in [-0.2, -0.15) is 0 Å². The molecule has 0 radical (unpaired) electrons. The van der Waals surface area contributed by atoms with Crippen LogP contribution in [0.5, 0.6) is 0 Å². The third-order valence-electron chi connectivity index (χ3n) is 4.09. The van der Waals surface area contributed by atoms with Crippen molar-refractivity contribution in [3.05, 3.63) is 71.8 Å².